The van der Waals surface area contributed by atoms with Crippen LogP contribution in [0.15, 0.2) is 53.0 Å². The third kappa shape index (κ3) is 2.47. The Balaban J connectivity index is 2.16. The van der Waals surface area contributed by atoms with Crippen LogP contribution >= 0.6 is 15.9 Å². The highest BCUT2D eigenvalue weighted by Crippen LogP contribution is 2.23. The Morgan fingerprint density at radius 2 is 1.90 bits per heavy atom. The van der Waals surface area contributed by atoms with Gasteiger partial charge in [-0.1, -0.05) is 24.3 Å². The molecule has 0 bridgehead atoms. The Labute approximate surface area is 129 Å². The molecule has 0 N–H and O–H groups in total. The maximum Gasteiger partial charge on any atom is 0.214 e. The lowest BCUT2D eigenvalue weighted by atomic mass is 10.0. The molecule has 2 nitrogen and oxygen atoms in total. The first-order valence-corrected chi connectivity index (χ1v) is 7.22. The van der Waals surface area contributed by atoms with Gasteiger partial charge in [0.05, 0.1) is 15.6 Å². The predicted molar refractivity (Wildman–Crippen MR) is 84.0 cm³/mol. The van der Waals surface area contributed by atoms with Crippen LogP contribution in [0.25, 0.3) is 10.9 Å². The van der Waals surface area contributed by atoms with E-state index in [1.54, 1.807) is 18.2 Å². The van der Waals surface area contributed by atoms with Gasteiger partial charge in [0, 0.05) is 5.39 Å². The molecule has 4 heteroatoms. The number of benzene rings is 2. The molecule has 0 aliphatic heterocycles. The van der Waals surface area contributed by atoms with E-state index in [-0.39, 0.29) is 15.7 Å². The number of pyridine rings is 1. The second kappa shape index (κ2) is 5.37. The fraction of sp³-hybridized carbons (Fsp3) is 0.0588. The van der Waals surface area contributed by atoms with Crippen LogP contribution in [0.3, 0.4) is 0 Å². The van der Waals surface area contributed by atoms with Gasteiger partial charge in [-0.25, -0.2) is 9.37 Å². The minimum atomic E-state index is -0.560. The van der Waals surface area contributed by atoms with Crippen LogP contribution in [-0.2, 0) is 0 Å². The lowest BCUT2D eigenvalue weighted by molar-refractivity contribution is 0.103. The van der Waals surface area contributed by atoms with E-state index < -0.39 is 11.6 Å². The predicted octanol–water partition coefficient (Wildman–Crippen LogP) is 4.68. The number of aryl methyl sites for hydroxylation is 1. The third-order valence-electron chi connectivity index (χ3n) is 3.35. The summed E-state index contributed by atoms with van der Waals surface area (Å²) in [5.41, 5.74) is 1.95. The van der Waals surface area contributed by atoms with Crippen molar-refractivity contribution in [2.45, 2.75) is 6.92 Å². The molecule has 0 atom stereocenters. The highest BCUT2D eigenvalue weighted by Gasteiger charge is 2.18. The van der Waals surface area contributed by atoms with E-state index >= 15 is 0 Å². The molecule has 0 aliphatic rings. The Morgan fingerprint density at radius 3 is 2.71 bits per heavy atom. The third-order valence-corrected chi connectivity index (χ3v) is 3.96. The van der Waals surface area contributed by atoms with E-state index in [0.29, 0.717) is 0 Å². The van der Waals surface area contributed by atoms with Crippen LogP contribution in [0.5, 0.6) is 0 Å². The van der Waals surface area contributed by atoms with Crippen LogP contribution in [-0.4, -0.2) is 10.8 Å². The number of hydrogen-bond acceptors (Lipinski definition) is 2. The zero-order chi connectivity index (χ0) is 15.0. The molecule has 0 aliphatic carbocycles. The normalized spacial score (nSPS) is 10.8. The zero-order valence-electron chi connectivity index (χ0n) is 11.2. The topological polar surface area (TPSA) is 30.0 Å². The fourth-order valence-electron chi connectivity index (χ4n) is 2.28. The van der Waals surface area contributed by atoms with Gasteiger partial charge in [0.15, 0.2) is 0 Å². The molecule has 0 fully saturated rings. The van der Waals surface area contributed by atoms with Gasteiger partial charge in [-0.05, 0) is 52.7 Å². The van der Waals surface area contributed by atoms with Gasteiger partial charge < -0.3 is 0 Å². The van der Waals surface area contributed by atoms with E-state index in [2.05, 4.69) is 20.9 Å². The summed E-state index contributed by atoms with van der Waals surface area (Å²) in [7, 11) is 0. The number of halogens is 2. The summed E-state index contributed by atoms with van der Waals surface area (Å²) in [5.74, 6) is -0.974. The van der Waals surface area contributed by atoms with Crippen molar-refractivity contribution in [3.8, 4) is 0 Å². The van der Waals surface area contributed by atoms with Crippen LogP contribution in [0.2, 0.25) is 0 Å². The average Bonchev–Trinajstić information content (AvgIpc) is 2.49. The number of ketones is 1. The number of carbonyl (C=O) groups excluding carboxylic acids is 1. The van der Waals surface area contributed by atoms with E-state index in [9.17, 15) is 9.18 Å². The summed E-state index contributed by atoms with van der Waals surface area (Å²) in [6, 6.07) is 13.9. The Kier molecular flexibility index (Phi) is 3.55. The molecule has 0 saturated heterocycles. The van der Waals surface area contributed by atoms with Crippen molar-refractivity contribution >= 4 is 32.6 Å². The van der Waals surface area contributed by atoms with Crippen LogP contribution < -0.4 is 0 Å². The SMILES string of the molecule is Cc1cc(C(=O)c2cccc(Br)c2F)nc2ccccc12. The Bertz CT molecular complexity index is 861. The second-order valence-corrected chi connectivity index (χ2v) is 5.63. The monoisotopic (exact) mass is 343 g/mol. The summed E-state index contributed by atoms with van der Waals surface area (Å²) in [6.45, 7) is 1.91. The van der Waals surface area contributed by atoms with E-state index in [0.717, 1.165) is 16.5 Å². The highest BCUT2D eigenvalue weighted by atomic mass is 79.9. The molecular weight excluding hydrogens is 333 g/mol. The summed E-state index contributed by atoms with van der Waals surface area (Å²) in [5, 5.41) is 0.990. The molecule has 0 spiro atoms. The van der Waals surface area contributed by atoms with E-state index in [4.69, 9.17) is 0 Å². The molecule has 2 aromatic carbocycles. The first-order chi connectivity index (χ1) is 10.1. The molecule has 0 amide bonds. The maximum absolute atomic E-state index is 14.1. The summed E-state index contributed by atoms with van der Waals surface area (Å²) >= 11 is 3.09. The van der Waals surface area contributed by atoms with Gasteiger partial charge in [-0.15, -0.1) is 0 Å². The Morgan fingerprint density at radius 1 is 1.14 bits per heavy atom. The largest absolute Gasteiger partial charge is 0.287 e. The summed E-state index contributed by atoms with van der Waals surface area (Å²) in [6.07, 6.45) is 0. The number of fused-ring (bicyclic) bond motifs is 1. The van der Waals surface area contributed by atoms with Gasteiger partial charge in [-0.3, -0.25) is 4.79 Å². The molecule has 104 valence electrons. The average molecular weight is 344 g/mol. The fourth-order valence-corrected chi connectivity index (χ4v) is 2.65. The van der Waals surface area contributed by atoms with Gasteiger partial charge in [0.2, 0.25) is 5.78 Å². The summed E-state index contributed by atoms with van der Waals surface area (Å²) < 4.78 is 14.3. The van der Waals surface area contributed by atoms with E-state index in [1.807, 2.05) is 31.2 Å². The minimum Gasteiger partial charge on any atom is -0.287 e. The van der Waals surface area contributed by atoms with Gasteiger partial charge in [0.1, 0.15) is 11.5 Å². The van der Waals surface area contributed by atoms with Crippen molar-refractivity contribution in [3.63, 3.8) is 0 Å². The molecule has 21 heavy (non-hydrogen) atoms. The number of hydrogen-bond donors (Lipinski definition) is 0. The zero-order valence-corrected chi connectivity index (χ0v) is 12.8. The smallest absolute Gasteiger partial charge is 0.214 e. The number of nitrogens with zero attached hydrogens (tertiary/aromatic N) is 1. The molecule has 3 aromatic rings. The molecular formula is C17H11BrFNO. The van der Waals surface area contributed by atoms with Gasteiger partial charge in [0.25, 0.3) is 0 Å². The Hall–Kier alpha value is -2.07. The van der Waals surface area contributed by atoms with Crippen molar-refractivity contribution in [1.82, 2.24) is 4.98 Å². The van der Waals surface area contributed by atoms with Crippen molar-refractivity contribution < 1.29 is 9.18 Å². The summed E-state index contributed by atoms with van der Waals surface area (Å²) in [4.78, 5) is 16.8. The van der Waals surface area contributed by atoms with Gasteiger partial charge >= 0.3 is 0 Å². The van der Waals surface area contributed by atoms with Gasteiger partial charge in [-0.2, -0.15) is 0 Å². The highest BCUT2D eigenvalue weighted by molar-refractivity contribution is 9.10. The van der Waals surface area contributed by atoms with Crippen molar-refractivity contribution in [2.75, 3.05) is 0 Å². The molecule has 0 radical (unpaired) electrons. The molecule has 1 aromatic heterocycles. The number of rotatable bonds is 2. The molecule has 3 rings (SSSR count). The quantitative estimate of drug-likeness (QED) is 0.632. The molecule has 1 heterocycles. The van der Waals surface area contributed by atoms with Crippen molar-refractivity contribution in [2.24, 2.45) is 0 Å². The number of carbonyl (C=O) groups is 1. The lowest BCUT2D eigenvalue weighted by Gasteiger charge is -2.07. The van der Waals surface area contributed by atoms with Crippen LogP contribution in [0.1, 0.15) is 21.6 Å². The second-order valence-electron chi connectivity index (χ2n) is 4.77. The lowest BCUT2D eigenvalue weighted by Crippen LogP contribution is -2.07. The first-order valence-electron chi connectivity index (χ1n) is 6.43. The minimum absolute atomic E-state index is 0.0200. The van der Waals surface area contributed by atoms with Crippen LogP contribution in [0, 0.1) is 12.7 Å². The number of aromatic nitrogens is 1. The molecule has 0 unspecified atom stereocenters. The van der Waals surface area contributed by atoms with E-state index in [1.165, 1.54) is 6.07 Å². The van der Waals surface area contributed by atoms with Crippen molar-refractivity contribution in [1.29, 1.82) is 0 Å². The number of para-hydroxylation sites is 1. The van der Waals surface area contributed by atoms with Crippen molar-refractivity contribution in [3.05, 3.63) is 75.6 Å². The standard InChI is InChI=1S/C17H11BrFNO/c1-10-9-15(20-14-8-3-2-5-11(10)14)17(21)12-6-4-7-13(18)16(12)19/h2-9H,1H3. The van der Waals surface area contributed by atoms with Crippen LogP contribution in [0.4, 0.5) is 4.39 Å². The molecule has 0 saturated carbocycles. The first kappa shape index (κ1) is 13.9. The maximum atomic E-state index is 14.1.